The molecule has 3 N–H and O–H groups in total. The molecule has 1 rings (SSSR count). The Balaban J connectivity index is 2.25. The zero-order valence-corrected chi connectivity index (χ0v) is 16.1. The van der Waals surface area contributed by atoms with E-state index >= 15 is 0 Å². The third kappa shape index (κ3) is 6.87. The lowest BCUT2D eigenvalue weighted by molar-refractivity contribution is -0.137. The van der Waals surface area contributed by atoms with Crippen LogP contribution in [-0.4, -0.2) is 27.6 Å². The van der Waals surface area contributed by atoms with Crippen LogP contribution in [0.25, 0.3) is 0 Å². The molecule has 0 radical (unpaired) electrons. The van der Waals surface area contributed by atoms with Crippen molar-refractivity contribution >= 4 is 23.9 Å². The summed E-state index contributed by atoms with van der Waals surface area (Å²) in [5.74, 6) is -1.02. The van der Waals surface area contributed by atoms with Gasteiger partial charge in [-0.05, 0) is 31.7 Å². The zero-order valence-electron chi connectivity index (χ0n) is 15.4. The van der Waals surface area contributed by atoms with Gasteiger partial charge in [-0.2, -0.15) is 0 Å². The Hall–Kier alpha value is -1.75. The van der Waals surface area contributed by atoms with Crippen LogP contribution in [0.5, 0.6) is 11.5 Å². The molecule has 146 valence electrons. The summed E-state index contributed by atoms with van der Waals surface area (Å²) in [6.45, 7) is 1.59. The van der Waals surface area contributed by atoms with Gasteiger partial charge >= 0.3 is 5.97 Å². The van der Waals surface area contributed by atoms with E-state index in [1.54, 1.807) is 6.92 Å². The first-order valence-electron chi connectivity index (χ1n) is 9.30. The summed E-state index contributed by atoms with van der Waals surface area (Å²) in [7, 11) is 0. The molecule has 0 heterocycles. The Kier molecular flexibility index (Phi) is 10.1. The Bertz CT molecular complexity index is 613. The maximum absolute atomic E-state index is 11.1. The fourth-order valence-electron chi connectivity index (χ4n) is 3.08. The van der Waals surface area contributed by atoms with E-state index in [-0.39, 0.29) is 28.5 Å². The van der Waals surface area contributed by atoms with Crippen LogP contribution < -0.4 is 0 Å². The van der Waals surface area contributed by atoms with E-state index in [4.69, 9.17) is 16.7 Å². The first kappa shape index (κ1) is 22.3. The summed E-state index contributed by atoms with van der Waals surface area (Å²) in [6, 6.07) is 0. The predicted molar refractivity (Wildman–Crippen MR) is 102 cm³/mol. The second kappa shape index (κ2) is 11.8. The maximum atomic E-state index is 11.1. The molecule has 0 amide bonds. The van der Waals surface area contributed by atoms with Crippen LogP contribution in [0.2, 0.25) is 5.02 Å². The second-order valence-corrected chi connectivity index (χ2v) is 7.10. The quantitative estimate of drug-likeness (QED) is 0.312. The van der Waals surface area contributed by atoms with Crippen molar-refractivity contribution < 1.29 is 24.9 Å². The molecule has 0 bridgehead atoms. The number of carbonyl (C=O) groups excluding carboxylic acids is 1. The Morgan fingerprint density at radius 2 is 1.42 bits per heavy atom. The number of halogens is 1. The highest BCUT2D eigenvalue weighted by Gasteiger charge is 2.19. The number of aromatic hydroxyl groups is 2. The molecule has 1 aromatic carbocycles. The lowest BCUT2D eigenvalue weighted by Crippen LogP contribution is -1.97. The van der Waals surface area contributed by atoms with Gasteiger partial charge in [-0.25, -0.2) is 0 Å². The molecule has 26 heavy (non-hydrogen) atoms. The van der Waals surface area contributed by atoms with Gasteiger partial charge in [0.1, 0.15) is 11.5 Å². The van der Waals surface area contributed by atoms with Gasteiger partial charge in [0.15, 0.2) is 6.29 Å². The van der Waals surface area contributed by atoms with E-state index in [0.717, 1.165) is 57.8 Å². The number of rotatable bonds is 13. The molecule has 0 aliphatic carbocycles. The molecule has 0 saturated carbocycles. The van der Waals surface area contributed by atoms with E-state index in [0.29, 0.717) is 23.8 Å². The summed E-state index contributed by atoms with van der Waals surface area (Å²) >= 11 is 6.04. The van der Waals surface area contributed by atoms with Crippen molar-refractivity contribution in [3.05, 3.63) is 21.7 Å². The second-order valence-electron chi connectivity index (χ2n) is 6.72. The van der Waals surface area contributed by atoms with Gasteiger partial charge in [0, 0.05) is 12.0 Å². The van der Waals surface area contributed by atoms with Crippen molar-refractivity contribution in [2.45, 2.75) is 77.6 Å². The van der Waals surface area contributed by atoms with Crippen LogP contribution in [-0.2, 0) is 11.2 Å². The Labute approximate surface area is 160 Å². The highest BCUT2D eigenvalue weighted by molar-refractivity contribution is 6.33. The van der Waals surface area contributed by atoms with Gasteiger partial charge in [-0.3, -0.25) is 9.59 Å². The van der Waals surface area contributed by atoms with E-state index < -0.39 is 5.97 Å². The van der Waals surface area contributed by atoms with E-state index in [1.165, 1.54) is 0 Å². The molecule has 0 atom stereocenters. The van der Waals surface area contributed by atoms with Crippen molar-refractivity contribution in [2.75, 3.05) is 0 Å². The van der Waals surface area contributed by atoms with Crippen molar-refractivity contribution in [3.8, 4) is 11.5 Å². The Morgan fingerprint density at radius 1 is 0.923 bits per heavy atom. The zero-order chi connectivity index (χ0) is 19.5. The van der Waals surface area contributed by atoms with Crippen LogP contribution in [0.15, 0.2) is 0 Å². The van der Waals surface area contributed by atoms with E-state index in [1.807, 2.05) is 0 Å². The van der Waals surface area contributed by atoms with Crippen LogP contribution in [0.3, 0.4) is 0 Å². The summed E-state index contributed by atoms with van der Waals surface area (Å²) in [5, 5.41) is 29.0. The molecular weight excluding hydrogens is 356 g/mol. The predicted octanol–water partition coefficient (Wildman–Crippen LogP) is 5.40. The van der Waals surface area contributed by atoms with Gasteiger partial charge in [0.25, 0.3) is 0 Å². The molecule has 0 fully saturated rings. The molecule has 0 unspecified atom stereocenters. The highest BCUT2D eigenvalue weighted by atomic mass is 35.5. The number of aliphatic carboxylic acids is 1. The number of phenolic OH excluding ortho intramolecular Hbond substituents is 2. The van der Waals surface area contributed by atoms with Crippen molar-refractivity contribution in [3.63, 3.8) is 0 Å². The highest BCUT2D eigenvalue weighted by Crippen LogP contribution is 2.40. The minimum Gasteiger partial charge on any atom is -0.507 e. The topological polar surface area (TPSA) is 94.8 Å². The molecule has 6 heteroatoms. The third-order valence-corrected chi connectivity index (χ3v) is 5.17. The smallest absolute Gasteiger partial charge is 0.303 e. The molecule has 0 aliphatic rings. The summed E-state index contributed by atoms with van der Waals surface area (Å²) < 4.78 is 0. The third-order valence-electron chi connectivity index (χ3n) is 4.70. The first-order valence-corrected chi connectivity index (χ1v) is 9.67. The van der Waals surface area contributed by atoms with Crippen molar-refractivity contribution in [2.24, 2.45) is 0 Å². The first-order chi connectivity index (χ1) is 12.4. The van der Waals surface area contributed by atoms with E-state index in [9.17, 15) is 19.8 Å². The molecule has 1 aromatic rings. The lowest BCUT2D eigenvalue weighted by atomic mass is 9.97. The molecule has 0 spiro atoms. The standard InChI is InChI=1S/C20H29ClO5/c1-14-16(13-22)19(25)15(20(26)18(14)21)11-9-7-5-3-2-4-6-8-10-12-17(23)24/h13,25-26H,2-12H2,1H3,(H,23,24). The normalized spacial score (nSPS) is 10.8. The van der Waals surface area contributed by atoms with Gasteiger partial charge in [0.2, 0.25) is 0 Å². The molecule has 0 aromatic heterocycles. The monoisotopic (exact) mass is 384 g/mol. The number of aldehydes is 1. The molecule has 0 aliphatic heterocycles. The van der Waals surface area contributed by atoms with Crippen molar-refractivity contribution in [1.29, 1.82) is 0 Å². The largest absolute Gasteiger partial charge is 0.507 e. The lowest BCUT2D eigenvalue weighted by Gasteiger charge is -2.13. The van der Waals surface area contributed by atoms with Crippen LogP contribution in [0, 0.1) is 6.92 Å². The number of carboxylic acid groups (broad SMARTS) is 1. The minimum absolute atomic E-state index is 0.128. The molecule has 5 nitrogen and oxygen atoms in total. The fraction of sp³-hybridized carbons (Fsp3) is 0.600. The number of carboxylic acids is 1. The number of hydrogen-bond acceptors (Lipinski definition) is 4. The SMILES string of the molecule is Cc1c(Cl)c(O)c(CCCCCCCCCCCC(=O)O)c(O)c1C=O. The number of hydrogen-bond donors (Lipinski definition) is 3. The van der Waals surface area contributed by atoms with Gasteiger partial charge < -0.3 is 15.3 Å². The average Bonchev–Trinajstić information content (AvgIpc) is 2.60. The van der Waals surface area contributed by atoms with E-state index in [2.05, 4.69) is 0 Å². The van der Waals surface area contributed by atoms with Crippen LogP contribution in [0.4, 0.5) is 0 Å². The Morgan fingerprint density at radius 3 is 1.92 bits per heavy atom. The number of carbonyl (C=O) groups is 2. The summed E-state index contributed by atoms with van der Waals surface area (Å²) in [4.78, 5) is 21.5. The maximum Gasteiger partial charge on any atom is 0.303 e. The minimum atomic E-state index is -0.725. The summed E-state index contributed by atoms with van der Waals surface area (Å²) in [5.41, 5.74) is 0.885. The number of unbranched alkanes of at least 4 members (excludes halogenated alkanes) is 8. The number of benzene rings is 1. The molecular formula is C20H29ClO5. The average molecular weight is 385 g/mol. The van der Waals surface area contributed by atoms with Crippen LogP contribution in [0.1, 0.15) is 85.7 Å². The van der Waals surface area contributed by atoms with Crippen molar-refractivity contribution in [1.82, 2.24) is 0 Å². The summed E-state index contributed by atoms with van der Waals surface area (Å²) in [6.07, 6.45) is 10.3. The molecule has 0 saturated heterocycles. The van der Waals surface area contributed by atoms with Gasteiger partial charge in [0.05, 0.1) is 10.6 Å². The van der Waals surface area contributed by atoms with Gasteiger partial charge in [-0.1, -0.05) is 56.5 Å². The van der Waals surface area contributed by atoms with Crippen LogP contribution >= 0.6 is 11.6 Å². The fourth-order valence-corrected chi connectivity index (χ4v) is 3.29. The van der Waals surface area contributed by atoms with Gasteiger partial charge in [-0.15, -0.1) is 0 Å². The number of phenols is 2.